The Bertz CT molecular complexity index is 679. The van der Waals surface area contributed by atoms with Gasteiger partial charge in [0, 0.05) is 25.0 Å². The lowest BCUT2D eigenvalue weighted by Crippen LogP contribution is -2.44. The molecule has 1 aromatic heterocycles. The predicted octanol–water partition coefficient (Wildman–Crippen LogP) is 3.44. The van der Waals surface area contributed by atoms with E-state index in [9.17, 15) is 0 Å². The normalized spacial score (nSPS) is 21.7. The highest BCUT2D eigenvalue weighted by atomic mass is 32.1. The largest absolute Gasteiger partial charge is 0.493 e. The van der Waals surface area contributed by atoms with Crippen LogP contribution in [0.3, 0.4) is 0 Å². The molecule has 2 aromatic rings. The van der Waals surface area contributed by atoms with Crippen molar-refractivity contribution >= 4 is 11.3 Å². The molecule has 130 valence electrons. The van der Waals surface area contributed by atoms with Crippen LogP contribution in [0.5, 0.6) is 11.5 Å². The highest BCUT2D eigenvalue weighted by Gasteiger charge is 2.23. The van der Waals surface area contributed by atoms with E-state index in [1.54, 1.807) is 25.6 Å². The van der Waals surface area contributed by atoms with Gasteiger partial charge in [-0.25, -0.2) is 4.98 Å². The molecular formula is C18H24N2O3S. The Morgan fingerprint density at radius 1 is 1.21 bits per heavy atom. The standard InChI is InChI=1S/C18H24N2O3S/c1-12-8-20(9-13(2)23-12)10-14-11-24-18(19-14)15-6-5-7-16(21-3)17(15)22-4/h5-7,11-13H,8-10H2,1-4H3/t12-,13+. The molecule has 1 aliphatic rings. The predicted molar refractivity (Wildman–Crippen MR) is 95.9 cm³/mol. The smallest absolute Gasteiger partial charge is 0.170 e. The van der Waals surface area contributed by atoms with Crippen LogP contribution in [0.25, 0.3) is 10.6 Å². The van der Waals surface area contributed by atoms with E-state index in [0.717, 1.165) is 47.4 Å². The monoisotopic (exact) mass is 348 g/mol. The van der Waals surface area contributed by atoms with Gasteiger partial charge in [-0.2, -0.15) is 0 Å². The molecule has 24 heavy (non-hydrogen) atoms. The van der Waals surface area contributed by atoms with Crippen molar-refractivity contribution in [2.45, 2.75) is 32.6 Å². The summed E-state index contributed by atoms with van der Waals surface area (Å²) in [5.41, 5.74) is 2.05. The van der Waals surface area contributed by atoms with Gasteiger partial charge in [-0.05, 0) is 26.0 Å². The molecule has 1 saturated heterocycles. The van der Waals surface area contributed by atoms with Crippen molar-refractivity contribution < 1.29 is 14.2 Å². The lowest BCUT2D eigenvalue weighted by atomic mass is 10.2. The van der Waals surface area contributed by atoms with E-state index in [-0.39, 0.29) is 12.2 Å². The Morgan fingerprint density at radius 3 is 2.62 bits per heavy atom. The maximum absolute atomic E-state index is 5.79. The van der Waals surface area contributed by atoms with Crippen molar-refractivity contribution in [3.63, 3.8) is 0 Å². The van der Waals surface area contributed by atoms with Crippen LogP contribution in [-0.4, -0.2) is 49.4 Å². The summed E-state index contributed by atoms with van der Waals surface area (Å²) in [6.45, 7) is 6.98. The van der Waals surface area contributed by atoms with Crippen molar-refractivity contribution in [2.24, 2.45) is 0 Å². The molecule has 0 amide bonds. The SMILES string of the molecule is COc1cccc(-c2nc(CN3C[C@@H](C)O[C@@H](C)C3)cs2)c1OC. The second-order valence-corrected chi connectivity index (χ2v) is 6.99. The molecule has 0 unspecified atom stereocenters. The molecule has 0 spiro atoms. The van der Waals surface area contributed by atoms with E-state index in [1.807, 2.05) is 18.2 Å². The van der Waals surface area contributed by atoms with Gasteiger partial charge >= 0.3 is 0 Å². The van der Waals surface area contributed by atoms with Gasteiger partial charge in [-0.3, -0.25) is 4.90 Å². The highest BCUT2D eigenvalue weighted by molar-refractivity contribution is 7.13. The number of hydrogen-bond acceptors (Lipinski definition) is 6. The molecule has 2 atom stereocenters. The summed E-state index contributed by atoms with van der Waals surface area (Å²) < 4.78 is 16.7. The molecule has 0 N–H and O–H groups in total. The van der Waals surface area contributed by atoms with Gasteiger partial charge < -0.3 is 14.2 Å². The Balaban J connectivity index is 1.79. The zero-order valence-electron chi connectivity index (χ0n) is 14.6. The van der Waals surface area contributed by atoms with E-state index in [4.69, 9.17) is 19.2 Å². The molecule has 2 heterocycles. The van der Waals surface area contributed by atoms with Crippen molar-refractivity contribution in [2.75, 3.05) is 27.3 Å². The average molecular weight is 348 g/mol. The summed E-state index contributed by atoms with van der Waals surface area (Å²) in [4.78, 5) is 7.21. The van der Waals surface area contributed by atoms with E-state index < -0.39 is 0 Å². The molecular weight excluding hydrogens is 324 g/mol. The number of methoxy groups -OCH3 is 2. The van der Waals surface area contributed by atoms with Gasteiger partial charge in [0.05, 0.1) is 37.7 Å². The van der Waals surface area contributed by atoms with Crippen LogP contribution in [0, 0.1) is 0 Å². The topological polar surface area (TPSA) is 43.8 Å². The van der Waals surface area contributed by atoms with E-state index in [1.165, 1.54) is 0 Å². The van der Waals surface area contributed by atoms with E-state index in [2.05, 4.69) is 24.1 Å². The van der Waals surface area contributed by atoms with Crippen LogP contribution in [0.4, 0.5) is 0 Å². The zero-order chi connectivity index (χ0) is 17.1. The fraction of sp³-hybridized carbons (Fsp3) is 0.500. The van der Waals surface area contributed by atoms with Crippen molar-refractivity contribution in [3.8, 4) is 22.1 Å². The van der Waals surface area contributed by atoms with Crippen molar-refractivity contribution in [3.05, 3.63) is 29.3 Å². The second-order valence-electron chi connectivity index (χ2n) is 6.14. The Morgan fingerprint density at radius 2 is 1.96 bits per heavy atom. The van der Waals surface area contributed by atoms with Crippen LogP contribution < -0.4 is 9.47 Å². The maximum Gasteiger partial charge on any atom is 0.170 e. The summed E-state index contributed by atoms with van der Waals surface area (Å²) in [5.74, 6) is 1.46. The summed E-state index contributed by atoms with van der Waals surface area (Å²) in [6.07, 6.45) is 0.538. The Hall–Kier alpha value is -1.63. The first-order valence-electron chi connectivity index (χ1n) is 8.14. The fourth-order valence-corrected chi connectivity index (χ4v) is 4.03. The fourth-order valence-electron chi connectivity index (χ4n) is 3.20. The second kappa shape index (κ2) is 7.51. The first-order valence-corrected chi connectivity index (χ1v) is 9.02. The van der Waals surface area contributed by atoms with Crippen molar-refractivity contribution in [1.82, 2.24) is 9.88 Å². The number of ether oxygens (including phenoxy) is 3. The highest BCUT2D eigenvalue weighted by Crippen LogP contribution is 2.39. The molecule has 5 nitrogen and oxygen atoms in total. The third-order valence-corrected chi connectivity index (χ3v) is 4.99. The summed E-state index contributed by atoms with van der Waals surface area (Å²) in [6, 6.07) is 5.87. The third kappa shape index (κ3) is 3.71. The lowest BCUT2D eigenvalue weighted by Gasteiger charge is -2.34. The average Bonchev–Trinajstić information content (AvgIpc) is 3.01. The minimum absolute atomic E-state index is 0.269. The molecule has 6 heteroatoms. The van der Waals surface area contributed by atoms with Crippen LogP contribution in [-0.2, 0) is 11.3 Å². The molecule has 1 aromatic carbocycles. The number of morpholine rings is 1. The Kier molecular flexibility index (Phi) is 5.38. The van der Waals surface area contributed by atoms with Gasteiger partial charge in [0.1, 0.15) is 5.01 Å². The molecule has 1 aliphatic heterocycles. The van der Waals surface area contributed by atoms with Gasteiger partial charge in [0.2, 0.25) is 0 Å². The summed E-state index contributed by atoms with van der Waals surface area (Å²) >= 11 is 1.64. The van der Waals surface area contributed by atoms with Crippen LogP contribution in [0.1, 0.15) is 19.5 Å². The van der Waals surface area contributed by atoms with Crippen molar-refractivity contribution in [1.29, 1.82) is 0 Å². The van der Waals surface area contributed by atoms with Crippen LogP contribution in [0.2, 0.25) is 0 Å². The quantitative estimate of drug-likeness (QED) is 0.828. The molecule has 0 bridgehead atoms. The summed E-state index contributed by atoms with van der Waals surface area (Å²) in [7, 11) is 3.31. The van der Waals surface area contributed by atoms with E-state index in [0.29, 0.717) is 0 Å². The van der Waals surface area contributed by atoms with Gasteiger partial charge in [-0.15, -0.1) is 11.3 Å². The molecule has 0 radical (unpaired) electrons. The third-order valence-electron chi connectivity index (χ3n) is 4.07. The lowest BCUT2D eigenvalue weighted by molar-refractivity contribution is -0.0707. The first-order chi connectivity index (χ1) is 11.6. The Labute approximate surface area is 147 Å². The summed E-state index contributed by atoms with van der Waals surface area (Å²) in [5, 5.41) is 3.08. The van der Waals surface area contributed by atoms with E-state index >= 15 is 0 Å². The minimum Gasteiger partial charge on any atom is -0.493 e. The number of rotatable bonds is 5. The van der Waals surface area contributed by atoms with Crippen LogP contribution >= 0.6 is 11.3 Å². The maximum atomic E-state index is 5.79. The number of nitrogens with zero attached hydrogens (tertiary/aromatic N) is 2. The van der Waals surface area contributed by atoms with Gasteiger partial charge in [0.15, 0.2) is 11.5 Å². The van der Waals surface area contributed by atoms with Crippen LogP contribution in [0.15, 0.2) is 23.6 Å². The zero-order valence-corrected chi connectivity index (χ0v) is 15.4. The number of hydrogen-bond donors (Lipinski definition) is 0. The number of para-hydroxylation sites is 1. The number of benzene rings is 1. The number of aromatic nitrogens is 1. The molecule has 3 rings (SSSR count). The number of thiazole rings is 1. The van der Waals surface area contributed by atoms with Gasteiger partial charge in [-0.1, -0.05) is 6.07 Å². The first kappa shape index (κ1) is 17.2. The minimum atomic E-state index is 0.269. The molecule has 1 fully saturated rings. The molecule has 0 saturated carbocycles. The molecule has 0 aliphatic carbocycles. The van der Waals surface area contributed by atoms with Gasteiger partial charge in [0.25, 0.3) is 0 Å².